The van der Waals surface area contributed by atoms with Gasteiger partial charge in [0.25, 0.3) is 0 Å². The van der Waals surface area contributed by atoms with E-state index in [1.165, 1.54) is 32.1 Å². The summed E-state index contributed by atoms with van der Waals surface area (Å²) in [5.41, 5.74) is 5.17. The summed E-state index contributed by atoms with van der Waals surface area (Å²) in [6.45, 7) is 3.04. The minimum absolute atomic E-state index is 0.191. The van der Waals surface area contributed by atoms with Crippen molar-refractivity contribution in [1.29, 1.82) is 0 Å². The Morgan fingerprint density at radius 3 is 2.75 bits per heavy atom. The fourth-order valence-electron chi connectivity index (χ4n) is 3.19. The lowest BCUT2D eigenvalue weighted by Crippen LogP contribution is -2.59. The Kier molecular flexibility index (Phi) is 5.85. The van der Waals surface area contributed by atoms with Crippen molar-refractivity contribution in [2.45, 2.75) is 88.8 Å². The van der Waals surface area contributed by atoms with Gasteiger partial charge in [0.2, 0.25) is 5.91 Å². The maximum atomic E-state index is 11.9. The van der Waals surface area contributed by atoms with Crippen molar-refractivity contribution in [3.05, 3.63) is 0 Å². The van der Waals surface area contributed by atoms with E-state index in [-0.39, 0.29) is 12.0 Å². The highest BCUT2D eigenvalue weighted by Crippen LogP contribution is 2.34. The van der Waals surface area contributed by atoms with Gasteiger partial charge >= 0.3 is 0 Å². The lowest BCUT2D eigenvalue weighted by Gasteiger charge is -2.39. The molecule has 2 rings (SSSR count). The molecule has 20 heavy (non-hydrogen) atoms. The molecule has 4 heteroatoms. The number of rotatable bonds is 9. The van der Waals surface area contributed by atoms with E-state index in [0.29, 0.717) is 6.04 Å². The summed E-state index contributed by atoms with van der Waals surface area (Å²) >= 11 is 0. The van der Waals surface area contributed by atoms with Crippen LogP contribution in [0.25, 0.3) is 0 Å². The summed E-state index contributed by atoms with van der Waals surface area (Å²) in [6, 6.07) is 0.505. The normalized spacial score (nSPS) is 30.4. The van der Waals surface area contributed by atoms with Crippen LogP contribution in [0.15, 0.2) is 0 Å². The predicted molar refractivity (Wildman–Crippen MR) is 80.4 cm³/mol. The Morgan fingerprint density at radius 2 is 2.10 bits per heavy atom. The van der Waals surface area contributed by atoms with Gasteiger partial charge in [0.05, 0.1) is 6.10 Å². The van der Waals surface area contributed by atoms with E-state index in [2.05, 4.69) is 12.2 Å². The Labute approximate surface area is 122 Å². The Bertz CT molecular complexity index is 318. The summed E-state index contributed by atoms with van der Waals surface area (Å²) in [4.78, 5) is 11.9. The van der Waals surface area contributed by atoms with Crippen molar-refractivity contribution >= 4 is 5.91 Å². The predicted octanol–water partition coefficient (Wildman–Crippen LogP) is 2.50. The largest absolute Gasteiger partial charge is 0.378 e. The maximum absolute atomic E-state index is 11.9. The second-order valence-electron chi connectivity index (χ2n) is 6.51. The van der Waals surface area contributed by atoms with Gasteiger partial charge in [-0.2, -0.15) is 0 Å². The molecule has 3 N–H and O–H groups in total. The number of unbranched alkanes of at least 4 members (excludes halogenated alkanes) is 3. The van der Waals surface area contributed by atoms with Crippen molar-refractivity contribution in [2.75, 3.05) is 6.61 Å². The van der Waals surface area contributed by atoms with Gasteiger partial charge in [0.15, 0.2) is 0 Å². The third kappa shape index (κ3) is 4.45. The molecule has 2 aliphatic carbocycles. The van der Waals surface area contributed by atoms with E-state index in [1.54, 1.807) is 0 Å². The Morgan fingerprint density at radius 1 is 1.30 bits per heavy atom. The van der Waals surface area contributed by atoms with Crippen LogP contribution in [0.1, 0.15) is 71.1 Å². The molecule has 0 heterocycles. The zero-order chi connectivity index (χ0) is 14.4. The molecular weight excluding hydrogens is 252 g/mol. The fraction of sp³-hybridized carbons (Fsp3) is 0.938. The van der Waals surface area contributed by atoms with Gasteiger partial charge in [0, 0.05) is 19.1 Å². The quantitative estimate of drug-likeness (QED) is 0.639. The molecule has 2 aliphatic rings. The van der Waals surface area contributed by atoms with E-state index in [0.717, 1.165) is 38.7 Å². The van der Waals surface area contributed by atoms with Gasteiger partial charge in [-0.15, -0.1) is 0 Å². The van der Waals surface area contributed by atoms with Gasteiger partial charge in [0.1, 0.15) is 5.54 Å². The van der Waals surface area contributed by atoms with E-state index in [4.69, 9.17) is 10.5 Å². The van der Waals surface area contributed by atoms with E-state index >= 15 is 0 Å². The van der Waals surface area contributed by atoms with Gasteiger partial charge in [-0.3, -0.25) is 4.79 Å². The highest BCUT2D eigenvalue weighted by Gasteiger charge is 2.44. The van der Waals surface area contributed by atoms with E-state index < -0.39 is 5.54 Å². The molecule has 1 amide bonds. The van der Waals surface area contributed by atoms with Crippen LogP contribution in [-0.4, -0.2) is 30.2 Å². The first-order chi connectivity index (χ1) is 9.66. The van der Waals surface area contributed by atoms with Crippen molar-refractivity contribution in [3.8, 4) is 0 Å². The maximum Gasteiger partial charge on any atom is 0.237 e. The van der Waals surface area contributed by atoms with Crippen molar-refractivity contribution in [2.24, 2.45) is 5.73 Å². The van der Waals surface area contributed by atoms with Crippen LogP contribution in [-0.2, 0) is 9.53 Å². The summed E-state index contributed by atoms with van der Waals surface area (Å²) in [7, 11) is 0. The number of nitrogens with one attached hydrogen (secondary N) is 1. The Balaban J connectivity index is 1.78. The molecule has 0 aliphatic heterocycles. The number of ether oxygens (including phenoxy) is 1. The number of amides is 1. The topological polar surface area (TPSA) is 64.3 Å². The first kappa shape index (κ1) is 15.8. The second-order valence-corrected chi connectivity index (χ2v) is 6.51. The zero-order valence-electron chi connectivity index (χ0n) is 12.8. The third-order valence-electron chi connectivity index (χ3n) is 4.59. The number of carbonyl (C=O) groups excluding carboxylic acids is 1. The second kappa shape index (κ2) is 7.41. The average molecular weight is 282 g/mol. The highest BCUT2D eigenvalue weighted by atomic mass is 16.5. The molecule has 4 nitrogen and oxygen atoms in total. The molecule has 0 saturated heterocycles. The average Bonchev–Trinajstić information content (AvgIpc) is 3.22. The van der Waals surface area contributed by atoms with Gasteiger partial charge < -0.3 is 15.8 Å². The van der Waals surface area contributed by atoms with Gasteiger partial charge in [-0.1, -0.05) is 26.2 Å². The standard InChI is InChI=1S/C16H30N2O2/c1-2-3-4-5-11-20-14-7-6-10-16(12-14,15(17)19)18-13-8-9-13/h13-14,18H,2-12H2,1H3,(H2,17,19). The van der Waals surface area contributed by atoms with Crippen LogP contribution in [0.2, 0.25) is 0 Å². The zero-order valence-corrected chi connectivity index (χ0v) is 12.8. The summed E-state index contributed by atoms with van der Waals surface area (Å²) in [6.07, 6.45) is 11.2. The van der Waals surface area contributed by atoms with Crippen LogP contribution in [0.3, 0.4) is 0 Å². The molecule has 2 fully saturated rings. The molecule has 0 spiro atoms. The SMILES string of the molecule is CCCCCCOC1CCCC(NC2CC2)(C(N)=O)C1. The van der Waals surface area contributed by atoms with Crippen molar-refractivity contribution in [3.63, 3.8) is 0 Å². The van der Waals surface area contributed by atoms with Crippen LogP contribution >= 0.6 is 0 Å². The number of carbonyl (C=O) groups is 1. The van der Waals surface area contributed by atoms with Crippen molar-refractivity contribution < 1.29 is 9.53 Å². The Hall–Kier alpha value is -0.610. The smallest absolute Gasteiger partial charge is 0.237 e. The minimum atomic E-state index is -0.506. The fourth-order valence-corrected chi connectivity index (χ4v) is 3.19. The minimum Gasteiger partial charge on any atom is -0.378 e. The first-order valence-electron chi connectivity index (χ1n) is 8.35. The molecule has 0 aromatic heterocycles. The number of hydrogen-bond donors (Lipinski definition) is 2. The van der Waals surface area contributed by atoms with E-state index in [9.17, 15) is 4.79 Å². The monoisotopic (exact) mass is 282 g/mol. The molecule has 0 bridgehead atoms. The summed E-state index contributed by atoms with van der Waals surface area (Å²) in [5.74, 6) is -0.191. The number of primary amides is 1. The molecule has 2 saturated carbocycles. The molecular formula is C16H30N2O2. The summed E-state index contributed by atoms with van der Waals surface area (Å²) < 4.78 is 5.99. The number of hydrogen-bond acceptors (Lipinski definition) is 3. The molecule has 0 aromatic rings. The lowest BCUT2D eigenvalue weighted by molar-refractivity contribution is -0.128. The highest BCUT2D eigenvalue weighted by molar-refractivity contribution is 5.85. The van der Waals surface area contributed by atoms with Crippen LogP contribution in [0.5, 0.6) is 0 Å². The first-order valence-corrected chi connectivity index (χ1v) is 8.35. The van der Waals surface area contributed by atoms with Crippen LogP contribution in [0, 0.1) is 0 Å². The number of nitrogens with two attached hydrogens (primary N) is 1. The van der Waals surface area contributed by atoms with Gasteiger partial charge in [-0.05, 0) is 38.5 Å². The molecule has 0 radical (unpaired) electrons. The molecule has 0 aromatic carbocycles. The molecule has 2 atom stereocenters. The van der Waals surface area contributed by atoms with Crippen LogP contribution in [0.4, 0.5) is 0 Å². The third-order valence-corrected chi connectivity index (χ3v) is 4.59. The van der Waals surface area contributed by atoms with E-state index in [1.807, 2.05) is 0 Å². The lowest BCUT2D eigenvalue weighted by atomic mass is 9.79. The molecule has 116 valence electrons. The van der Waals surface area contributed by atoms with Gasteiger partial charge in [-0.25, -0.2) is 0 Å². The van der Waals surface area contributed by atoms with Crippen LogP contribution < -0.4 is 11.1 Å². The van der Waals surface area contributed by atoms with Crippen molar-refractivity contribution in [1.82, 2.24) is 5.32 Å². The molecule has 2 unspecified atom stereocenters. The summed E-state index contributed by atoms with van der Waals surface area (Å²) in [5, 5.41) is 3.49.